The number of aromatic carboxylic acids is 1. The molecule has 0 amide bonds. The molecule has 0 saturated heterocycles. The minimum Gasteiger partial charge on any atom is -0.478 e. The summed E-state index contributed by atoms with van der Waals surface area (Å²) in [7, 11) is 1.26. The van der Waals surface area contributed by atoms with Crippen molar-refractivity contribution < 1.29 is 28.2 Å². The standard InChI is InChI=1S/C18H14FNO5/c1-9(10-3-4-11(17(21)22)13(19)7-10)12-8-15(18(23)24-2)20-14-5-6-25-16(12)14/h3-9H,1-2H3,(H,21,22). The maximum absolute atomic E-state index is 14.0. The second kappa shape index (κ2) is 6.35. The van der Waals surface area contributed by atoms with Crippen LogP contribution < -0.4 is 0 Å². The van der Waals surface area contributed by atoms with E-state index in [1.807, 2.05) is 0 Å². The quantitative estimate of drug-likeness (QED) is 0.728. The zero-order chi connectivity index (χ0) is 18.1. The van der Waals surface area contributed by atoms with E-state index in [-0.39, 0.29) is 11.6 Å². The van der Waals surface area contributed by atoms with E-state index >= 15 is 0 Å². The predicted molar refractivity (Wildman–Crippen MR) is 86.2 cm³/mol. The molecule has 6 nitrogen and oxygen atoms in total. The van der Waals surface area contributed by atoms with Gasteiger partial charge in [-0.15, -0.1) is 0 Å². The van der Waals surface area contributed by atoms with Crippen LogP contribution in [0, 0.1) is 5.82 Å². The molecule has 2 heterocycles. The average molecular weight is 343 g/mol. The lowest BCUT2D eigenvalue weighted by Crippen LogP contribution is -2.08. The van der Waals surface area contributed by atoms with Crippen molar-refractivity contribution in [2.75, 3.05) is 7.11 Å². The highest BCUT2D eigenvalue weighted by atomic mass is 19.1. The Morgan fingerprint density at radius 1 is 1.28 bits per heavy atom. The number of rotatable bonds is 4. The summed E-state index contributed by atoms with van der Waals surface area (Å²) in [6.07, 6.45) is 1.45. The van der Waals surface area contributed by atoms with Crippen molar-refractivity contribution in [1.29, 1.82) is 0 Å². The fourth-order valence-corrected chi connectivity index (χ4v) is 2.67. The number of nitrogens with zero attached hydrogens (tertiary/aromatic N) is 1. The first-order valence-electron chi connectivity index (χ1n) is 7.41. The van der Waals surface area contributed by atoms with Crippen LogP contribution in [0.15, 0.2) is 41.0 Å². The highest BCUT2D eigenvalue weighted by Gasteiger charge is 2.21. The summed E-state index contributed by atoms with van der Waals surface area (Å²) in [6.45, 7) is 1.80. The summed E-state index contributed by atoms with van der Waals surface area (Å²) >= 11 is 0. The molecule has 0 spiro atoms. The molecule has 1 N–H and O–H groups in total. The third-order valence-corrected chi connectivity index (χ3v) is 4.02. The number of benzene rings is 1. The van der Waals surface area contributed by atoms with E-state index < -0.39 is 23.3 Å². The highest BCUT2D eigenvalue weighted by Crippen LogP contribution is 2.32. The van der Waals surface area contributed by atoms with Crippen LogP contribution in [-0.4, -0.2) is 29.1 Å². The van der Waals surface area contributed by atoms with Crippen molar-refractivity contribution in [2.24, 2.45) is 0 Å². The first-order valence-corrected chi connectivity index (χ1v) is 7.41. The summed E-state index contributed by atoms with van der Waals surface area (Å²) < 4.78 is 24.2. The second-order valence-electron chi connectivity index (χ2n) is 5.49. The lowest BCUT2D eigenvalue weighted by atomic mass is 9.91. The molecule has 0 aliphatic heterocycles. The van der Waals surface area contributed by atoms with Crippen molar-refractivity contribution in [3.63, 3.8) is 0 Å². The number of fused-ring (bicyclic) bond motifs is 1. The number of carboxylic acids is 1. The first kappa shape index (κ1) is 16.6. The highest BCUT2D eigenvalue weighted by molar-refractivity contribution is 5.91. The number of halogens is 1. The number of hydrogen-bond donors (Lipinski definition) is 1. The Hall–Kier alpha value is -3.22. The fourth-order valence-electron chi connectivity index (χ4n) is 2.67. The SMILES string of the molecule is COC(=O)c1cc(C(C)c2ccc(C(=O)O)c(F)c2)c2occc2n1. The third-order valence-electron chi connectivity index (χ3n) is 4.02. The van der Waals surface area contributed by atoms with Gasteiger partial charge in [-0.1, -0.05) is 13.0 Å². The molecule has 1 unspecified atom stereocenters. The zero-order valence-corrected chi connectivity index (χ0v) is 13.4. The van der Waals surface area contributed by atoms with Crippen LogP contribution in [0.2, 0.25) is 0 Å². The van der Waals surface area contributed by atoms with Crippen molar-refractivity contribution in [2.45, 2.75) is 12.8 Å². The monoisotopic (exact) mass is 343 g/mol. The molecule has 2 aromatic heterocycles. The molecule has 25 heavy (non-hydrogen) atoms. The molecular formula is C18H14FNO5. The van der Waals surface area contributed by atoms with Gasteiger partial charge in [-0.05, 0) is 23.8 Å². The van der Waals surface area contributed by atoms with Gasteiger partial charge in [-0.3, -0.25) is 0 Å². The molecule has 128 valence electrons. The van der Waals surface area contributed by atoms with E-state index in [2.05, 4.69) is 4.98 Å². The van der Waals surface area contributed by atoms with Crippen molar-refractivity contribution in [1.82, 2.24) is 4.98 Å². The van der Waals surface area contributed by atoms with E-state index in [4.69, 9.17) is 14.3 Å². The number of ether oxygens (including phenoxy) is 1. The first-order chi connectivity index (χ1) is 11.9. The number of carbonyl (C=O) groups is 2. The predicted octanol–water partition coefficient (Wildman–Crippen LogP) is 3.60. The second-order valence-corrected chi connectivity index (χ2v) is 5.49. The van der Waals surface area contributed by atoms with Gasteiger partial charge < -0.3 is 14.3 Å². The molecular weight excluding hydrogens is 329 g/mol. The van der Waals surface area contributed by atoms with Crippen LogP contribution in [-0.2, 0) is 4.74 Å². The number of methoxy groups -OCH3 is 1. The van der Waals surface area contributed by atoms with Crippen molar-refractivity contribution in [3.05, 3.63) is 64.8 Å². The molecule has 0 aliphatic carbocycles. The Labute approximate surface area is 141 Å². The zero-order valence-electron chi connectivity index (χ0n) is 13.4. The van der Waals surface area contributed by atoms with Crippen LogP contribution >= 0.6 is 0 Å². The number of carbonyl (C=O) groups excluding carboxylic acids is 1. The molecule has 0 saturated carbocycles. The van der Waals surface area contributed by atoms with E-state index in [9.17, 15) is 14.0 Å². The van der Waals surface area contributed by atoms with Gasteiger partial charge in [0.05, 0.1) is 18.9 Å². The topological polar surface area (TPSA) is 89.6 Å². The molecule has 0 radical (unpaired) electrons. The average Bonchev–Trinajstić information content (AvgIpc) is 3.07. The minimum atomic E-state index is -1.33. The van der Waals surface area contributed by atoms with Crippen molar-refractivity contribution >= 4 is 23.0 Å². The Morgan fingerprint density at radius 2 is 2.04 bits per heavy atom. The molecule has 0 aliphatic rings. The van der Waals surface area contributed by atoms with Crippen molar-refractivity contribution in [3.8, 4) is 0 Å². The summed E-state index contributed by atoms with van der Waals surface area (Å²) in [6, 6.07) is 7.06. The van der Waals surface area contributed by atoms with Crippen LogP contribution in [0.5, 0.6) is 0 Å². The van der Waals surface area contributed by atoms with Crippen LogP contribution in [0.3, 0.4) is 0 Å². The van der Waals surface area contributed by atoms with Gasteiger partial charge in [0.25, 0.3) is 0 Å². The minimum absolute atomic E-state index is 0.112. The summed E-state index contributed by atoms with van der Waals surface area (Å²) in [5.41, 5.74) is 1.83. The molecule has 7 heteroatoms. The normalized spacial score (nSPS) is 12.1. The Balaban J connectivity index is 2.11. The van der Waals surface area contributed by atoms with Gasteiger partial charge in [0.2, 0.25) is 0 Å². The lowest BCUT2D eigenvalue weighted by Gasteiger charge is -2.14. The van der Waals surface area contributed by atoms with Gasteiger partial charge in [0, 0.05) is 17.5 Å². The number of carboxylic acid groups (broad SMARTS) is 1. The van der Waals surface area contributed by atoms with Gasteiger partial charge in [0.1, 0.15) is 17.0 Å². The maximum Gasteiger partial charge on any atom is 0.356 e. The van der Waals surface area contributed by atoms with E-state index in [1.165, 1.54) is 37.6 Å². The maximum atomic E-state index is 14.0. The Morgan fingerprint density at radius 3 is 2.68 bits per heavy atom. The summed E-state index contributed by atoms with van der Waals surface area (Å²) in [5, 5.41) is 8.94. The molecule has 1 aromatic carbocycles. The molecule has 0 bridgehead atoms. The number of pyridine rings is 1. The Kier molecular flexibility index (Phi) is 4.22. The van der Waals surface area contributed by atoms with Crippen LogP contribution in [0.4, 0.5) is 4.39 Å². The van der Waals surface area contributed by atoms with Gasteiger partial charge in [-0.2, -0.15) is 0 Å². The smallest absolute Gasteiger partial charge is 0.356 e. The molecule has 3 rings (SSSR count). The molecule has 3 aromatic rings. The van der Waals surface area contributed by atoms with E-state index in [1.54, 1.807) is 13.0 Å². The van der Waals surface area contributed by atoms with E-state index in [0.717, 1.165) is 0 Å². The fraction of sp³-hybridized carbons (Fsp3) is 0.167. The third kappa shape index (κ3) is 2.96. The lowest BCUT2D eigenvalue weighted by molar-refractivity contribution is 0.0593. The van der Waals surface area contributed by atoms with E-state index in [0.29, 0.717) is 22.2 Å². The van der Waals surface area contributed by atoms with Crippen LogP contribution in [0.25, 0.3) is 11.1 Å². The van der Waals surface area contributed by atoms with Gasteiger partial charge in [0.15, 0.2) is 5.58 Å². The van der Waals surface area contributed by atoms with Crippen LogP contribution in [0.1, 0.15) is 44.8 Å². The number of aromatic nitrogens is 1. The summed E-state index contributed by atoms with van der Waals surface area (Å²) in [5.74, 6) is -3.11. The molecule has 1 atom stereocenters. The largest absolute Gasteiger partial charge is 0.478 e. The van der Waals surface area contributed by atoms with Gasteiger partial charge in [-0.25, -0.2) is 19.0 Å². The summed E-state index contributed by atoms with van der Waals surface area (Å²) in [4.78, 5) is 27.0. The van der Waals surface area contributed by atoms with Gasteiger partial charge >= 0.3 is 11.9 Å². The number of esters is 1. The molecule has 0 fully saturated rings. The Bertz CT molecular complexity index is 979. The number of furan rings is 1. The number of hydrogen-bond acceptors (Lipinski definition) is 5.